The highest BCUT2D eigenvalue weighted by Crippen LogP contribution is 2.47. The van der Waals surface area contributed by atoms with E-state index in [-0.39, 0.29) is 30.1 Å². The number of amides is 1. The molecular formula is C20H21F2N3O4S. The molecule has 0 spiro atoms. The molecule has 1 aromatic heterocycles. The van der Waals surface area contributed by atoms with Gasteiger partial charge in [-0.2, -0.15) is 4.98 Å². The maximum atomic E-state index is 13.2. The summed E-state index contributed by atoms with van der Waals surface area (Å²) >= 11 is 0. The van der Waals surface area contributed by atoms with Gasteiger partial charge in [-0.15, -0.1) is 0 Å². The molecule has 1 aliphatic rings. The minimum atomic E-state index is -3.33. The Bertz CT molecular complexity index is 1050. The van der Waals surface area contributed by atoms with Gasteiger partial charge >= 0.3 is 0 Å². The molecule has 3 rings (SSSR count). The van der Waals surface area contributed by atoms with Crippen molar-refractivity contribution in [2.45, 2.75) is 37.6 Å². The van der Waals surface area contributed by atoms with Gasteiger partial charge in [0, 0.05) is 42.7 Å². The summed E-state index contributed by atoms with van der Waals surface area (Å²) in [5.74, 6) is -3.28. The smallest absolute Gasteiger partial charge is 0.258 e. The highest BCUT2D eigenvalue weighted by molar-refractivity contribution is 7.93. The van der Waals surface area contributed by atoms with E-state index in [4.69, 9.17) is 4.74 Å². The highest BCUT2D eigenvalue weighted by atomic mass is 32.2. The van der Waals surface area contributed by atoms with Crippen LogP contribution in [-0.2, 0) is 9.84 Å². The highest BCUT2D eigenvalue weighted by Gasteiger charge is 2.47. The number of hydrogen-bond acceptors (Lipinski definition) is 6. The number of para-hydroxylation sites is 1. The van der Waals surface area contributed by atoms with Crippen LogP contribution < -0.4 is 10.1 Å². The molecule has 1 aliphatic carbocycles. The zero-order chi connectivity index (χ0) is 21.9. The lowest BCUT2D eigenvalue weighted by molar-refractivity contribution is -0.0886. The molecule has 1 atom stereocenters. The Morgan fingerprint density at radius 1 is 1.30 bits per heavy atom. The van der Waals surface area contributed by atoms with Crippen LogP contribution in [0.1, 0.15) is 41.9 Å². The number of alkyl halides is 2. The predicted molar refractivity (Wildman–Crippen MR) is 106 cm³/mol. The van der Waals surface area contributed by atoms with Crippen molar-refractivity contribution < 1.29 is 26.7 Å². The van der Waals surface area contributed by atoms with Gasteiger partial charge in [0.15, 0.2) is 9.84 Å². The quantitative estimate of drug-likeness (QED) is 0.712. The van der Waals surface area contributed by atoms with Crippen molar-refractivity contribution in [3.63, 3.8) is 0 Å². The van der Waals surface area contributed by atoms with E-state index in [1.54, 1.807) is 37.3 Å². The van der Waals surface area contributed by atoms with Crippen LogP contribution in [-0.4, -0.2) is 42.5 Å². The summed E-state index contributed by atoms with van der Waals surface area (Å²) in [6.07, 6.45) is 2.91. The number of nitrogens with one attached hydrogen (secondary N) is 1. The third-order valence-electron chi connectivity index (χ3n) is 4.40. The van der Waals surface area contributed by atoms with Gasteiger partial charge < -0.3 is 10.1 Å². The van der Waals surface area contributed by atoms with Crippen LogP contribution in [0.2, 0.25) is 0 Å². The van der Waals surface area contributed by atoms with E-state index in [2.05, 4.69) is 15.3 Å². The van der Waals surface area contributed by atoms with Crippen molar-refractivity contribution in [2.75, 3.05) is 6.26 Å². The topological polar surface area (TPSA) is 98.2 Å². The molecule has 2 aromatic rings. The number of aromatic nitrogens is 2. The number of hydrogen-bond donors (Lipinski definition) is 1. The van der Waals surface area contributed by atoms with Crippen molar-refractivity contribution in [3.05, 3.63) is 59.4 Å². The number of benzene rings is 1. The molecular weight excluding hydrogens is 416 g/mol. The lowest BCUT2D eigenvalue weighted by atomic mass is 9.81. The van der Waals surface area contributed by atoms with Gasteiger partial charge in [0.1, 0.15) is 17.1 Å². The average Bonchev–Trinajstić information content (AvgIpc) is 2.64. The zero-order valence-electron chi connectivity index (χ0n) is 16.4. The molecule has 30 heavy (non-hydrogen) atoms. The van der Waals surface area contributed by atoms with Gasteiger partial charge in [-0.05, 0) is 19.1 Å². The summed E-state index contributed by atoms with van der Waals surface area (Å²) in [5, 5.41) is 3.61. The van der Waals surface area contributed by atoms with Gasteiger partial charge in [-0.1, -0.05) is 24.3 Å². The first-order chi connectivity index (χ1) is 14.0. The number of rotatable bonds is 7. The van der Waals surface area contributed by atoms with Crippen LogP contribution in [0.5, 0.6) is 11.6 Å². The molecule has 160 valence electrons. The monoisotopic (exact) mass is 437 g/mol. The number of nitrogens with zero attached hydrogens (tertiary/aromatic N) is 2. The third kappa shape index (κ3) is 5.82. The molecule has 10 heteroatoms. The lowest BCUT2D eigenvalue weighted by Gasteiger charge is -2.33. The maximum absolute atomic E-state index is 13.2. The molecule has 1 amide bonds. The first-order valence-electron chi connectivity index (χ1n) is 9.19. The van der Waals surface area contributed by atoms with Crippen LogP contribution in [0.15, 0.2) is 48.0 Å². The van der Waals surface area contributed by atoms with E-state index < -0.39 is 33.6 Å². The van der Waals surface area contributed by atoms with Crippen LogP contribution in [0, 0.1) is 0 Å². The minimum absolute atomic E-state index is 0.00768. The summed E-state index contributed by atoms with van der Waals surface area (Å²) in [6.45, 7) is 1.60. The number of sulfone groups is 1. The summed E-state index contributed by atoms with van der Waals surface area (Å²) in [6, 6.07) is 8.00. The average molecular weight is 437 g/mol. The van der Waals surface area contributed by atoms with Crippen LogP contribution >= 0.6 is 0 Å². The molecule has 0 saturated heterocycles. The van der Waals surface area contributed by atoms with Gasteiger partial charge in [-0.25, -0.2) is 22.2 Å². The molecule has 1 aromatic carbocycles. The van der Waals surface area contributed by atoms with E-state index >= 15 is 0 Å². The molecule has 1 saturated carbocycles. The Morgan fingerprint density at radius 2 is 1.97 bits per heavy atom. The number of ether oxygens (including phenoxy) is 1. The van der Waals surface area contributed by atoms with Crippen molar-refractivity contribution in [1.29, 1.82) is 0 Å². The number of carbonyl (C=O) groups is 1. The second-order valence-corrected chi connectivity index (χ2v) is 9.17. The number of halogens is 2. The summed E-state index contributed by atoms with van der Waals surface area (Å²) in [5.41, 5.74) is 0.00768. The van der Waals surface area contributed by atoms with Gasteiger partial charge in [0.05, 0.1) is 0 Å². The van der Waals surface area contributed by atoms with Gasteiger partial charge in [0.25, 0.3) is 5.91 Å². The molecule has 1 fully saturated rings. The molecule has 7 nitrogen and oxygen atoms in total. The van der Waals surface area contributed by atoms with E-state index in [1.165, 1.54) is 12.3 Å². The standard InChI is InChI=1S/C20H21F2N3O4S/c1-13(8-9-30(2,27)28)24-18(26)16-12-23-17(14-10-20(21,22)11-14)25-19(16)29-15-6-4-3-5-7-15/h3-9,12-14H,10-11H2,1-2H3,(H,24,26). The van der Waals surface area contributed by atoms with Crippen molar-refractivity contribution in [3.8, 4) is 11.6 Å². The Balaban J connectivity index is 1.84. The van der Waals surface area contributed by atoms with Crippen LogP contribution in [0.25, 0.3) is 0 Å². The fraction of sp³-hybridized carbons (Fsp3) is 0.350. The zero-order valence-corrected chi connectivity index (χ0v) is 17.2. The summed E-state index contributed by atoms with van der Waals surface area (Å²) < 4.78 is 54.7. The lowest BCUT2D eigenvalue weighted by Crippen LogP contribution is -2.35. The fourth-order valence-electron chi connectivity index (χ4n) is 2.85. The predicted octanol–water partition coefficient (Wildman–Crippen LogP) is 3.46. The van der Waals surface area contributed by atoms with Crippen LogP contribution in [0.4, 0.5) is 8.78 Å². The molecule has 0 aliphatic heterocycles. The first-order valence-corrected chi connectivity index (χ1v) is 11.1. The minimum Gasteiger partial charge on any atom is -0.438 e. The van der Waals surface area contributed by atoms with Crippen molar-refractivity contribution >= 4 is 15.7 Å². The van der Waals surface area contributed by atoms with E-state index in [0.717, 1.165) is 11.7 Å². The van der Waals surface area contributed by atoms with Gasteiger partial charge in [-0.3, -0.25) is 4.79 Å². The van der Waals surface area contributed by atoms with Crippen molar-refractivity contribution in [2.24, 2.45) is 0 Å². The molecule has 1 N–H and O–H groups in total. The third-order valence-corrected chi connectivity index (χ3v) is 5.05. The molecule has 0 radical (unpaired) electrons. The second-order valence-electron chi connectivity index (χ2n) is 7.24. The molecule has 0 bridgehead atoms. The maximum Gasteiger partial charge on any atom is 0.258 e. The van der Waals surface area contributed by atoms with E-state index in [1.807, 2.05) is 0 Å². The fourth-order valence-corrected chi connectivity index (χ4v) is 3.37. The number of carbonyl (C=O) groups excluding carboxylic acids is 1. The largest absolute Gasteiger partial charge is 0.438 e. The molecule has 1 heterocycles. The Labute approximate surface area is 173 Å². The second kappa shape index (κ2) is 8.47. The Kier molecular flexibility index (Phi) is 6.16. The summed E-state index contributed by atoms with van der Waals surface area (Å²) in [7, 11) is -3.33. The van der Waals surface area contributed by atoms with Gasteiger partial charge in [0.2, 0.25) is 11.8 Å². The van der Waals surface area contributed by atoms with Crippen LogP contribution in [0.3, 0.4) is 0 Å². The Morgan fingerprint density at radius 3 is 2.57 bits per heavy atom. The van der Waals surface area contributed by atoms with E-state index in [0.29, 0.717) is 5.75 Å². The molecule has 1 unspecified atom stereocenters. The SMILES string of the molecule is CC(C=CS(C)(=O)=O)NC(=O)c1cnc(C2CC(F)(F)C2)nc1Oc1ccccc1. The first kappa shape index (κ1) is 21.8. The summed E-state index contributed by atoms with van der Waals surface area (Å²) in [4.78, 5) is 21.0. The normalized spacial score (nSPS) is 17.3. The van der Waals surface area contributed by atoms with E-state index in [9.17, 15) is 22.0 Å². The Hall–Kier alpha value is -2.88. The van der Waals surface area contributed by atoms with Crippen molar-refractivity contribution in [1.82, 2.24) is 15.3 Å².